The molecule has 0 amide bonds. The van der Waals surface area contributed by atoms with E-state index in [1.54, 1.807) is 0 Å². The lowest BCUT2D eigenvalue weighted by molar-refractivity contribution is -0.0176. The van der Waals surface area contributed by atoms with E-state index in [0.29, 0.717) is 38.0 Å². The number of benzene rings is 1. The number of aromatic nitrogens is 2. The summed E-state index contributed by atoms with van der Waals surface area (Å²) in [4.78, 5) is 0. The van der Waals surface area contributed by atoms with E-state index in [2.05, 4.69) is 10.2 Å². The molecule has 0 aliphatic carbocycles. The second-order valence-electron chi connectivity index (χ2n) is 6.31. The first-order chi connectivity index (χ1) is 12.3. The zero-order valence-electron chi connectivity index (χ0n) is 15.1. The summed E-state index contributed by atoms with van der Waals surface area (Å²) in [7, 11) is -3.27. The van der Waals surface area contributed by atoms with Crippen LogP contribution in [0.25, 0.3) is 0 Å². The highest BCUT2D eigenvalue weighted by atomic mass is 32.2. The lowest BCUT2D eigenvalue weighted by Gasteiger charge is -2.29. The van der Waals surface area contributed by atoms with Crippen LogP contribution in [-0.4, -0.2) is 55.5 Å². The molecule has 0 N–H and O–H groups in total. The molecule has 0 saturated carbocycles. The number of ether oxygens (including phenoxy) is 2. The van der Waals surface area contributed by atoms with Gasteiger partial charge in [-0.1, -0.05) is 12.1 Å². The molecule has 8 nitrogen and oxygen atoms in total. The van der Waals surface area contributed by atoms with Crippen LogP contribution in [0, 0.1) is 13.8 Å². The van der Waals surface area contributed by atoms with E-state index >= 15 is 0 Å². The van der Waals surface area contributed by atoms with Crippen molar-refractivity contribution in [3.63, 3.8) is 0 Å². The molecule has 1 fully saturated rings. The van der Waals surface area contributed by atoms with Crippen LogP contribution >= 0.6 is 0 Å². The lowest BCUT2D eigenvalue weighted by atomic mass is 10.1. The van der Waals surface area contributed by atoms with Crippen molar-refractivity contribution >= 4 is 10.0 Å². The van der Waals surface area contributed by atoms with Gasteiger partial charge in [0.15, 0.2) is 0 Å². The Labute approximate surface area is 153 Å². The van der Waals surface area contributed by atoms with Crippen molar-refractivity contribution in [2.24, 2.45) is 0 Å². The first kappa shape index (κ1) is 18.8. The summed E-state index contributed by atoms with van der Waals surface area (Å²) in [6.07, 6.45) is 1.10. The quantitative estimate of drug-likeness (QED) is 0.751. The van der Waals surface area contributed by atoms with Gasteiger partial charge in [0, 0.05) is 13.1 Å². The summed E-state index contributed by atoms with van der Waals surface area (Å²) >= 11 is 0. The van der Waals surface area contributed by atoms with E-state index < -0.39 is 16.1 Å². The molecule has 1 saturated heterocycles. The van der Waals surface area contributed by atoms with Crippen LogP contribution in [0.1, 0.15) is 29.0 Å². The van der Waals surface area contributed by atoms with Crippen LogP contribution in [0.2, 0.25) is 0 Å². The van der Waals surface area contributed by atoms with Gasteiger partial charge in [-0.3, -0.25) is 0 Å². The summed E-state index contributed by atoms with van der Waals surface area (Å²) in [6.45, 7) is 5.28. The van der Waals surface area contributed by atoms with Crippen LogP contribution < -0.4 is 4.74 Å². The molecule has 0 spiro atoms. The molecule has 9 heteroatoms. The summed E-state index contributed by atoms with van der Waals surface area (Å²) in [5, 5.41) is 8.00. The van der Waals surface area contributed by atoms with Gasteiger partial charge in [-0.15, -0.1) is 10.2 Å². The Hall–Kier alpha value is -1.97. The van der Waals surface area contributed by atoms with Crippen molar-refractivity contribution in [3.8, 4) is 5.75 Å². The SMILES string of the molecule is Cc1cccc(OCCc2nnc([C@@H]3CN(S(C)(=O)=O)CCO3)o2)c1C. The van der Waals surface area contributed by atoms with Gasteiger partial charge < -0.3 is 13.9 Å². The molecule has 3 rings (SSSR count). The van der Waals surface area contributed by atoms with Crippen LogP contribution in [0.15, 0.2) is 22.6 Å². The van der Waals surface area contributed by atoms with Crippen LogP contribution in [0.5, 0.6) is 5.75 Å². The summed E-state index contributed by atoms with van der Waals surface area (Å²) in [6, 6.07) is 5.92. The predicted molar refractivity (Wildman–Crippen MR) is 94.5 cm³/mol. The molecular formula is C17H23N3O5S. The topological polar surface area (TPSA) is 94.8 Å². The minimum Gasteiger partial charge on any atom is -0.493 e. The number of morpholine rings is 1. The third kappa shape index (κ3) is 4.40. The minimum absolute atomic E-state index is 0.180. The second kappa shape index (κ2) is 7.73. The van der Waals surface area contributed by atoms with Gasteiger partial charge in [-0.25, -0.2) is 8.42 Å². The monoisotopic (exact) mass is 381 g/mol. The van der Waals surface area contributed by atoms with Crippen LogP contribution in [0.3, 0.4) is 0 Å². The Bertz CT molecular complexity index is 865. The first-order valence-corrected chi connectivity index (χ1v) is 10.3. The van der Waals surface area contributed by atoms with Crippen LogP contribution in [0.4, 0.5) is 0 Å². The average Bonchev–Trinajstić information content (AvgIpc) is 3.07. The maximum Gasteiger partial charge on any atom is 0.246 e. The van der Waals surface area contributed by atoms with E-state index in [4.69, 9.17) is 13.9 Å². The van der Waals surface area contributed by atoms with Crippen molar-refractivity contribution in [3.05, 3.63) is 41.1 Å². The second-order valence-corrected chi connectivity index (χ2v) is 8.29. The summed E-state index contributed by atoms with van der Waals surface area (Å²) in [5.74, 6) is 1.56. The number of rotatable bonds is 6. The molecule has 1 aromatic carbocycles. The number of hydrogen-bond acceptors (Lipinski definition) is 7. The Balaban J connectivity index is 1.57. The third-order valence-corrected chi connectivity index (χ3v) is 5.65. The third-order valence-electron chi connectivity index (χ3n) is 4.38. The lowest BCUT2D eigenvalue weighted by Crippen LogP contribution is -2.41. The molecule has 1 aliphatic heterocycles. The zero-order valence-corrected chi connectivity index (χ0v) is 16.0. The van der Waals surface area contributed by atoms with Crippen LogP contribution in [-0.2, 0) is 21.2 Å². The van der Waals surface area contributed by atoms with Crippen molar-refractivity contribution in [2.45, 2.75) is 26.4 Å². The summed E-state index contributed by atoms with van der Waals surface area (Å²) in [5.41, 5.74) is 2.28. The van der Waals surface area contributed by atoms with E-state index in [1.165, 1.54) is 16.1 Å². The molecule has 0 bridgehead atoms. The van der Waals surface area contributed by atoms with E-state index in [1.807, 2.05) is 32.0 Å². The zero-order chi connectivity index (χ0) is 18.7. The fourth-order valence-electron chi connectivity index (χ4n) is 2.70. The Kier molecular flexibility index (Phi) is 5.59. The van der Waals surface area contributed by atoms with Crippen molar-refractivity contribution in [2.75, 3.05) is 32.6 Å². The fraction of sp³-hybridized carbons (Fsp3) is 0.529. The molecular weight excluding hydrogens is 358 g/mol. The fourth-order valence-corrected chi connectivity index (χ4v) is 3.52. The van der Waals surface area contributed by atoms with E-state index in [-0.39, 0.29) is 6.54 Å². The van der Waals surface area contributed by atoms with Gasteiger partial charge in [0.2, 0.25) is 21.8 Å². The van der Waals surface area contributed by atoms with Gasteiger partial charge in [-0.2, -0.15) is 4.31 Å². The molecule has 0 radical (unpaired) electrons. The first-order valence-electron chi connectivity index (χ1n) is 8.42. The smallest absolute Gasteiger partial charge is 0.246 e. The highest BCUT2D eigenvalue weighted by Crippen LogP contribution is 2.23. The number of sulfonamides is 1. The molecule has 1 aromatic heterocycles. The molecule has 2 heterocycles. The molecule has 2 aromatic rings. The largest absolute Gasteiger partial charge is 0.493 e. The number of aryl methyl sites for hydroxylation is 1. The maximum absolute atomic E-state index is 11.7. The molecule has 0 unspecified atom stereocenters. The maximum atomic E-state index is 11.7. The molecule has 1 aliphatic rings. The highest BCUT2D eigenvalue weighted by molar-refractivity contribution is 7.88. The van der Waals surface area contributed by atoms with Gasteiger partial charge >= 0.3 is 0 Å². The minimum atomic E-state index is -3.27. The van der Waals surface area contributed by atoms with E-state index in [9.17, 15) is 8.42 Å². The standard InChI is InChI=1S/C17H23N3O5S/c1-12-5-4-6-14(13(12)2)23-9-7-16-18-19-17(25-16)15-11-20(8-10-24-15)26(3,21)22/h4-6,15H,7-11H2,1-3H3/t15-/m0/s1. The highest BCUT2D eigenvalue weighted by Gasteiger charge is 2.30. The Morgan fingerprint density at radius 3 is 2.88 bits per heavy atom. The van der Waals surface area contributed by atoms with Gasteiger partial charge in [0.05, 0.1) is 25.9 Å². The van der Waals surface area contributed by atoms with Gasteiger partial charge in [0.1, 0.15) is 11.9 Å². The molecule has 1 atom stereocenters. The van der Waals surface area contributed by atoms with Crippen molar-refractivity contribution in [1.82, 2.24) is 14.5 Å². The molecule has 26 heavy (non-hydrogen) atoms. The number of hydrogen-bond donors (Lipinski definition) is 0. The van der Waals surface area contributed by atoms with Crippen molar-refractivity contribution < 1.29 is 22.3 Å². The van der Waals surface area contributed by atoms with E-state index in [0.717, 1.165) is 11.3 Å². The predicted octanol–water partition coefficient (Wildman–Crippen LogP) is 1.64. The Morgan fingerprint density at radius 2 is 2.12 bits per heavy atom. The number of nitrogens with zero attached hydrogens (tertiary/aromatic N) is 3. The molecule has 142 valence electrons. The van der Waals surface area contributed by atoms with Gasteiger partial charge in [0.25, 0.3) is 0 Å². The Morgan fingerprint density at radius 1 is 1.31 bits per heavy atom. The van der Waals surface area contributed by atoms with Gasteiger partial charge in [-0.05, 0) is 31.0 Å². The van der Waals surface area contributed by atoms with Crippen molar-refractivity contribution in [1.29, 1.82) is 0 Å². The normalized spacial score (nSPS) is 18.8. The summed E-state index contributed by atoms with van der Waals surface area (Å²) < 4.78 is 41.7. The average molecular weight is 381 g/mol.